The highest BCUT2D eigenvalue weighted by Gasteiger charge is 2.11. The van der Waals surface area contributed by atoms with Gasteiger partial charge in [0.2, 0.25) is 11.8 Å². The molecule has 0 aromatic carbocycles. The van der Waals surface area contributed by atoms with Gasteiger partial charge in [0, 0.05) is 45.4 Å². The summed E-state index contributed by atoms with van der Waals surface area (Å²) in [4.78, 5) is 28.9. The Balaban J connectivity index is 2.44. The van der Waals surface area contributed by atoms with Gasteiger partial charge < -0.3 is 10.2 Å². The van der Waals surface area contributed by atoms with Gasteiger partial charge >= 0.3 is 0 Å². The Kier molecular flexibility index (Phi) is 6.70. The van der Waals surface area contributed by atoms with Gasteiger partial charge in [0.25, 0.3) is 0 Å². The number of hydrogen-bond donors (Lipinski definition) is 1. The predicted molar refractivity (Wildman–Crippen MR) is 77.8 cm³/mol. The Labute approximate surface area is 120 Å². The lowest BCUT2D eigenvalue weighted by Crippen LogP contribution is -2.34. The molecule has 0 unspecified atom stereocenters. The second kappa shape index (κ2) is 8.30. The van der Waals surface area contributed by atoms with Crippen LogP contribution in [0.3, 0.4) is 0 Å². The van der Waals surface area contributed by atoms with Gasteiger partial charge in [-0.25, -0.2) is 0 Å². The number of pyridine rings is 1. The minimum Gasteiger partial charge on any atom is -0.356 e. The highest BCUT2D eigenvalue weighted by Crippen LogP contribution is 2.04. The van der Waals surface area contributed by atoms with Crippen molar-refractivity contribution in [1.82, 2.24) is 15.2 Å². The van der Waals surface area contributed by atoms with E-state index in [4.69, 9.17) is 0 Å². The highest BCUT2D eigenvalue weighted by atomic mass is 16.2. The lowest BCUT2D eigenvalue weighted by Gasteiger charge is -2.21. The van der Waals surface area contributed by atoms with Gasteiger partial charge in [0.05, 0.1) is 0 Å². The summed E-state index contributed by atoms with van der Waals surface area (Å²) in [6.45, 7) is 7.23. The van der Waals surface area contributed by atoms with Gasteiger partial charge in [-0.1, -0.05) is 13.8 Å². The van der Waals surface area contributed by atoms with Gasteiger partial charge in [-0.3, -0.25) is 14.6 Å². The molecule has 0 radical (unpaired) electrons. The van der Waals surface area contributed by atoms with Gasteiger partial charge in [-0.2, -0.15) is 0 Å². The molecule has 0 aliphatic carbocycles. The third-order valence-electron chi connectivity index (χ3n) is 2.88. The fraction of sp³-hybridized carbons (Fsp3) is 0.533. The van der Waals surface area contributed by atoms with Gasteiger partial charge in [-0.05, 0) is 23.6 Å². The molecule has 1 heterocycles. The molecule has 0 saturated heterocycles. The SMILES string of the molecule is CC(=O)N(CCC(=O)NCC(C)C)Cc1ccncc1. The van der Waals surface area contributed by atoms with E-state index in [9.17, 15) is 9.59 Å². The van der Waals surface area contributed by atoms with E-state index in [2.05, 4.69) is 10.3 Å². The second-order valence-corrected chi connectivity index (χ2v) is 5.24. The molecular formula is C15H23N3O2. The summed E-state index contributed by atoms with van der Waals surface area (Å²) in [5, 5.41) is 2.85. The Hall–Kier alpha value is -1.91. The summed E-state index contributed by atoms with van der Waals surface area (Å²) in [5.41, 5.74) is 1.01. The summed E-state index contributed by atoms with van der Waals surface area (Å²) in [7, 11) is 0. The number of nitrogens with one attached hydrogen (secondary N) is 1. The van der Waals surface area contributed by atoms with Crippen LogP contribution in [0.15, 0.2) is 24.5 Å². The van der Waals surface area contributed by atoms with Gasteiger partial charge in [0.1, 0.15) is 0 Å². The molecule has 110 valence electrons. The standard InChI is InChI=1S/C15H23N3O2/c1-12(2)10-17-15(20)6-9-18(13(3)19)11-14-4-7-16-8-5-14/h4-5,7-8,12H,6,9-11H2,1-3H3,(H,17,20). The molecule has 1 aromatic heterocycles. The van der Waals surface area contributed by atoms with E-state index in [-0.39, 0.29) is 11.8 Å². The first kappa shape index (κ1) is 16.1. The molecule has 1 aromatic rings. The van der Waals surface area contributed by atoms with E-state index >= 15 is 0 Å². The Bertz CT molecular complexity index is 432. The van der Waals surface area contributed by atoms with Crippen molar-refractivity contribution in [2.75, 3.05) is 13.1 Å². The van der Waals surface area contributed by atoms with E-state index in [1.807, 2.05) is 26.0 Å². The highest BCUT2D eigenvalue weighted by molar-refractivity contribution is 5.78. The molecule has 1 rings (SSSR count). The first-order valence-electron chi connectivity index (χ1n) is 6.90. The summed E-state index contributed by atoms with van der Waals surface area (Å²) in [6.07, 6.45) is 3.73. The molecule has 20 heavy (non-hydrogen) atoms. The number of nitrogens with zero attached hydrogens (tertiary/aromatic N) is 2. The number of hydrogen-bond acceptors (Lipinski definition) is 3. The molecule has 0 saturated carbocycles. The zero-order valence-corrected chi connectivity index (χ0v) is 12.4. The number of rotatable bonds is 7. The monoisotopic (exact) mass is 277 g/mol. The van der Waals surface area contributed by atoms with Crippen molar-refractivity contribution < 1.29 is 9.59 Å². The van der Waals surface area contributed by atoms with Crippen molar-refractivity contribution in [3.8, 4) is 0 Å². The zero-order valence-electron chi connectivity index (χ0n) is 12.4. The van der Waals surface area contributed by atoms with Crippen molar-refractivity contribution >= 4 is 11.8 Å². The average Bonchev–Trinajstić information content (AvgIpc) is 2.42. The van der Waals surface area contributed by atoms with Crippen LogP contribution in [0.4, 0.5) is 0 Å². The van der Waals surface area contributed by atoms with Gasteiger partial charge in [-0.15, -0.1) is 0 Å². The first-order valence-corrected chi connectivity index (χ1v) is 6.90. The molecule has 5 nitrogen and oxygen atoms in total. The number of aromatic nitrogens is 1. The molecule has 5 heteroatoms. The summed E-state index contributed by atoms with van der Waals surface area (Å²) < 4.78 is 0. The fourth-order valence-electron chi connectivity index (χ4n) is 1.70. The molecular weight excluding hydrogens is 254 g/mol. The van der Waals surface area contributed by atoms with E-state index in [1.165, 1.54) is 6.92 Å². The Morgan fingerprint density at radius 1 is 1.30 bits per heavy atom. The third-order valence-corrected chi connectivity index (χ3v) is 2.88. The van der Waals surface area contributed by atoms with Crippen LogP contribution < -0.4 is 5.32 Å². The van der Waals surface area contributed by atoms with E-state index in [1.54, 1.807) is 17.3 Å². The first-order chi connectivity index (χ1) is 9.49. The number of amides is 2. The van der Waals surface area contributed by atoms with Crippen LogP contribution in [0.2, 0.25) is 0 Å². The molecule has 0 aliphatic rings. The van der Waals surface area contributed by atoms with Crippen LogP contribution in [0, 0.1) is 5.92 Å². The predicted octanol–water partition coefficient (Wildman–Crippen LogP) is 1.59. The quantitative estimate of drug-likeness (QED) is 0.823. The van der Waals surface area contributed by atoms with Crippen LogP contribution in [0.25, 0.3) is 0 Å². The molecule has 2 amide bonds. The number of carbonyl (C=O) groups is 2. The minimum absolute atomic E-state index is 0.0142. The maximum Gasteiger partial charge on any atom is 0.221 e. The minimum atomic E-state index is -0.0292. The fourth-order valence-corrected chi connectivity index (χ4v) is 1.70. The van der Waals surface area contributed by atoms with Crippen LogP contribution in [0.5, 0.6) is 0 Å². The lowest BCUT2D eigenvalue weighted by molar-refractivity contribution is -0.130. The Morgan fingerprint density at radius 2 is 1.95 bits per heavy atom. The molecule has 0 bridgehead atoms. The summed E-state index contributed by atoms with van der Waals surface area (Å²) >= 11 is 0. The Morgan fingerprint density at radius 3 is 2.50 bits per heavy atom. The zero-order chi connectivity index (χ0) is 15.0. The average molecular weight is 277 g/mol. The van der Waals surface area contributed by atoms with E-state index < -0.39 is 0 Å². The second-order valence-electron chi connectivity index (χ2n) is 5.24. The summed E-state index contributed by atoms with van der Waals surface area (Å²) in [5.74, 6) is 0.387. The molecule has 0 aliphatic heterocycles. The molecule has 0 fully saturated rings. The largest absolute Gasteiger partial charge is 0.356 e. The maximum atomic E-state index is 11.7. The van der Waals surface area contributed by atoms with Crippen molar-refractivity contribution in [2.45, 2.75) is 33.7 Å². The lowest BCUT2D eigenvalue weighted by atomic mass is 10.2. The number of carbonyl (C=O) groups excluding carboxylic acids is 2. The van der Waals surface area contributed by atoms with E-state index in [0.717, 1.165) is 5.56 Å². The van der Waals surface area contributed by atoms with Crippen molar-refractivity contribution in [1.29, 1.82) is 0 Å². The van der Waals surface area contributed by atoms with Crippen molar-refractivity contribution in [3.05, 3.63) is 30.1 Å². The van der Waals surface area contributed by atoms with Crippen molar-refractivity contribution in [2.24, 2.45) is 5.92 Å². The normalized spacial score (nSPS) is 10.4. The molecule has 0 atom stereocenters. The van der Waals surface area contributed by atoms with Crippen LogP contribution in [-0.4, -0.2) is 34.8 Å². The third kappa shape index (κ3) is 6.31. The summed E-state index contributed by atoms with van der Waals surface area (Å²) in [6, 6.07) is 3.74. The molecule has 1 N–H and O–H groups in total. The van der Waals surface area contributed by atoms with Gasteiger partial charge in [0.15, 0.2) is 0 Å². The molecule has 0 spiro atoms. The smallest absolute Gasteiger partial charge is 0.221 e. The van der Waals surface area contributed by atoms with E-state index in [0.29, 0.717) is 32.0 Å². The topological polar surface area (TPSA) is 62.3 Å². The van der Waals surface area contributed by atoms with Crippen LogP contribution in [0.1, 0.15) is 32.8 Å². The van der Waals surface area contributed by atoms with Crippen LogP contribution in [-0.2, 0) is 16.1 Å². The van der Waals surface area contributed by atoms with Crippen molar-refractivity contribution in [3.63, 3.8) is 0 Å². The van der Waals surface area contributed by atoms with Crippen LogP contribution >= 0.6 is 0 Å². The maximum absolute atomic E-state index is 11.7.